The number of nitrogens with one attached hydrogen (secondary N) is 1. The maximum atomic E-state index is 6.21. The van der Waals surface area contributed by atoms with Crippen LogP contribution in [0.1, 0.15) is 28.2 Å². The van der Waals surface area contributed by atoms with Crippen LogP contribution < -0.4 is 5.32 Å². The van der Waals surface area contributed by atoms with Crippen molar-refractivity contribution >= 4 is 40.3 Å². The van der Waals surface area contributed by atoms with Crippen molar-refractivity contribution in [3.8, 4) is 0 Å². The van der Waals surface area contributed by atoms with E-state index in [-0.39, 0.29) is 12.1 Å². The molecule has 1 saturated heterocycles. The van der Waals surface area contributed by atoms with Crippen molar-refractivity contribution in [2.24, 2.45) is 0 Å². The van der Waals surface area contributed by atoms with Crippen LogP contribution in [0.15, 0.2) is 66.9 Å². The minimum atomic E-state index is 0.00660. The standard InChI is InChI=1S/C19H16ClN3S2/c20-16-10-9-15(25-16)18-17(14-8-4-5-11-21-14)22-19(24)23(18)12-13-6-2-1-3-7-13/h1-11,17-18H,12H2,(H,22,24)/t17-,18+/m0/s1. The average molecular weight is 386 g/mol. The fraction of sp³-hybridized carbons (Fsp3) is 0.158. The van der Waals surface area contributed by atoms with Crippen LogP contribution in [0.3, 0.4) is 0 Å². The zero-order valence-electron chi connectivity index (χ0n) is 13.3. The van der Waals surface area contributed by atoms with Gasteiger partial charge in [-0.15, -0.1) is 11.3 Å². The summed E-state index contributed by atoms with van der Waals surface area (Å²) >= 11 is 13.5. The van der Waals surface area contributed by atoms with Gasteiger partial charge in [0.1, 0.15) is 0 Å². The van der Waals surface area contributed by atoms with Gasteiger partial charge in [0.2, 0.25) is 0 Å². The Kier molecular flexibility index (Phi) is 4.70. The van der Waals surface area contributed by atoms with E-state index in [0.717, 1.165) is 21.7 Å². The SMILES string of the molecule is S=C1N[C@@H](c2ccccn2)[C@@H](c2ccc(Cl)s2)N1Cc1ccccc1. The van der Waals surface area contributed by atoms with Crippen LogP contribution in [-0.2, 0) is 6.54 Å². The van der Waals surface area contributed by atoms with Gasteiger partial charge in [-0.3, -0.25) is 4.98 Å². The first-order chi connectivity index (χ1) is 12.2. The van der Waals surface area contributed by atoms with Crippen LogP contribution in [0.4, 0.5) is 0 Å². The fourth-order valence-corrected chi connectivity index (χ4v) is 4.67. The highest BCUT2D eigenvalue weighted by Crippen LogP contribution is 2.42. The van der Waals surface area contributed by atoms with E-state index in [9.17, 15) is 0 Å². The first kappa shape index (κ1) is 16.5. The maximum Gasteiger partial charge on any atom is 0.170 e. The van der Waals surface area contributed by atoms with Crippen molar-refractivity contribution < 1.29 is 0 Å². The van der Waals surface area contributed by atoms with Gasteiger partial charge >= 0.3 is 0 Å². The quantitative estimate of drug-likeness (QED) is 0.642. The van der Waals surface area contributed by atoms with Gasteiger partial charge in [0, 0.05) is 17.6 Å². The molecule has 0 saturated carbocycles. The lowest BCUT2D eigenvalue weighted by atomic mass is 10.0. The van der Waals surface area contributed by atoms with Crippen LogP contribution in [0, 0.1) is 0 Å². The summed E-state index contributed by atoms with van der Waals surface area (Å²) in [7, 11) is 0. The van der Waals surface area contributed by atoms with Gasteiger partial charge in [-0.2, -0.15) is 0 Å². The number of aromatic nitrogens is 1. The number of halogens is 1. The minimum absolute atomic E-state index is 0.00660. The highest BCUT2D eigenvalue weighted by Gasteiger charge is 2.40. The smallest absolute Gasteiger partial charge is 0.170 e. The molecule has 6 heteroatoms. The Morgan fingerprint density at radius 2 is 1.88 bits per heavy atom. The summed E-state index contributed by atoms with van der Waals surface area (Å²) in [6, 6.07) is 20.4. The van der Waals surface area contributed by atoms with Crippen molar-refractivity contribution in [3.05, 3.63) is 87.3 Å². The molecule has 3 heterocycles. The van der Waals surface area contributed by atoms with Crippen LogP contribution in [0.5, 0.6) is 0 Å². The van der Waals surface area contributed by atoms with Gasteiger partial charge in [-0.1, -0.05) is 48.0 Å². The number of thiophene rings is 1. The average Bonchev–Trinajstić information content (AvgIpc) is 3.20. The first-order valence-electron chi connectivity index (χ1n) is 7.99. The monoisotopic (exact) mass is 385 g/mol. The molecule has 25 heavy (non-hydrogen) atoms. The molecule has 1 aliphatic rings. The molecule has 1 aliphatic heterocycles. The van der Waals surface area contributed by atoms with E-state index in [1.165, 1.54) is 10.4 Å². The molecule has 3 nitrogen and oxygen atoms in total. The lowest BCUT2D eigenvalue weighted by Crippen LogP contribution is -2.28. The van der Waals surface area contributed by atoms with E-state index in [0.29, 0.717) is 0 Å². The zero-order chi connectivity index (χ0) is 17.2. The predicted octanol–water partition coefficient (Wildman–Crippen LogP) is 4.97. The third-order valence-electron chi connectivity index (χ3n) is 4.28. The number of nitrogens with zero attached hydrogens (tertiary/aromatic N) is 2. The molecule has 0 bridgehead atoms. The van der Waals surface area contributed by atoms with Gasteiger partial charge in [0.05, 0.1) is 22.1 Å². The fourth-order valence-electron chi connectivity index (χ4n) is 3.15. The largest absolute Gasteiger partial charge is 0.352 e. The number of pyridine rings is 1. The van der Waals surface area contributed by atoms with Gasteiger partial charge < -0.3 is 10.2 Å². The number of rotatable bonds is 4. The molecule has 1 aromatic carbocycles. The highest BCUT2D eigenvalue weighted by molar-refractivity contribution is 7.80. The lowest BCUT2D eigenvalue weighted by molar-refractivity contribution is 0.315. The second-order valence-electron chi connectivity index (χ2n) is 5.88. The van der Waals surface area contributed by atoms with Gasteiger partial charge in [0.25, 0.3) is 0 Å². The molecule has 0 unspecified atom stereocenters. The van der Waals surface area contributed by atoms with Crippen LogP contribution in [0.2, 0.25) is 4.34 Å². The summed E-state index contributed by atoms with van der Waals surface area (Å²) in [5.41, 5.74) is 2.20. The molecular formula is C19H16ClN3S2. The van der Waals surface area contributed by atoms with Crippen LogP contribution in [0.25, 0.3) is 0 Å². The van der Waals surface area contributed by atoms with Crippen molar-refractivity contribution in [3.63, 3.8) is 0 Å². The van der Waals surface area contributed by atoms with Crippen molar-refractivity contribution in [2.45, 2.75) is 18.6 Å². The molecular weight excluding hydrogens is 370 g/mol. The third kappa shape index (κ3) is 3.40. The second kappa shape index (κ2) is 7.12. The summed E-state index contributed by atoms with van der Waals surface area (Å²) in [5, 5.41) is 4.20. The molecule has 3 aromatic rings. The van der Waals surface area contributed by atoms with E-state index >= 15 is 0 Å². The van der Waals surface area contributed by atoms with E-state index in [1.54, 1.807) is 11.3 Å². The normalized spacial score (nSPS) is 19.9. The Morgan fingerprint density at radius 1 is 1.08 bits per heavy atom. The highest BCUT2D eigenvalue weighted by atomic mass is 35.5. The number of benzene rings is 1. The Labute approximate surface area is 161 Å². The number of thiocarbonyl (C=S) groups is 1. The predicted molar refractivity (Wildman–Crippen MR) is 107 cm³/mol. The molecule has 1 fully saturated rings. The molecule has 2 aromatic heterocycles. The number of hydrogen-bond donors (Lipinski definition) is 1. The maximum absolute atomic E-state index is 6.21. The first-order valence-corrected chi connectivity index (χ1v) is 9.60. The second-order valence-corrected chi connectivity index (χ2v) is 8.02. The Bertz CT molecular complexity index is 867. The molecule has 0 amide bonds. The van der Waals surface area contributed by atoms with E-state index in [4.69, 9.17) is 23.8 Å². The summed E-state index contributed by atoms with van der Waals surface area (Å²) in [6.45, 7) is 0.746. The molecule has 0 radical (unpaired) electrons. The topological polar surface area (TPSA) is 28.2 Å². The molecule has 0 spiro atoms. The van der Waals surface area contributed by atoms with Crippen LogP contribution >= 0.6 is 35.2 Å². The molecule has 126 valence electrons. The zero-order valence-corrected chi connectivity index (χ0v) is 15.7. The lowest BCUT2D eigenvalue weighted by Gasteiger charge is -2.26. The van der Waals surface area contributed by atoms with Crippen molar-refractivity contribution in [1.29, 1.82) is 0 Å². The van der Waals surface area contributed by atoms with Gasteiger partial charge in [0.15, 0.2) is 5.11 Å². The molecule has 1 N–H and O–H groups in total. The molecule has 2 atom stereocenters. The Hall–Kier alpha value is -1.95. The van der Waals surface area contributed by atoms with Crippen molar-refractivity contribution in [1.82, 2.24) is 15.2 Å². The number of hydrogen-bond acceptors (Lipinski definition) is 3. The van der Waals surface area contributed by atoms with Crippen LogP contribution in [-0.4, -0.2) is 15.0 Å². The summed E-state index contributed by atoms with van der Waals surface area (Å²) in [5.74, 6) is 0. The van der Waals surface area contributed by atoms with E-state index in [1.807, 2.05) is 36.5 Å². The summed E-state index contributed by atoms with van der Waals surface area (Å²) < 4.78 is 0.784. The summed E-state index contributed by atoms with van der Waals surface area (Å²) in [4.78, 5) is 7.95. The third-order valence-corrected chi connectivity index (χ3v) is 5.93. The minimum Gasteiger partial charge on any atom is -0.352 e. The van der Waals surface area contributed by atoms with E-state index in [2.05, 4.69) is 45.5 Å². The van der Waals surface area contributed by atoms with Gasteiger partial charge in [-0.05, 0) is 42.0 Å². The molecule has 0 aliphatic carbocycles. The summed E-state index contributed by atoms with van der Waals surface area (Å²) in [6.07, 6.45) is 1.82. The Morgan fingerprint density at radius 3 is 2.56 bits per heavy atom. The Balaban J connectivity index is 1.72. The van der Waals surface area contributed by atoms with Gasteiger partial charge in [-0.25, -0.2) is 0 Å². The van der Waals surface area contributed by atoms with E-state index < -0.39 is 0 Å². The molecule has 4 rings (SSSR count). The van der Waals surface area contributed by atoms with Crippen molar-refractivity contribution in [2.75, 3.05) is 0 Å².